The predicted molar refractivity (Wildman–Crippen MR) is 146 cm³/mol. The van der Waals surface area contributed by atoms with Gasteiger partial charge in [0.25, 0.3) is 0 Å². The molecule has 2 nitrogen and oxygen atoms in total. The van der Waals surface area contributed by atoms with Crippen LogP contribution in [0.15, 0.2) is 114 Å². The molecular formula is C33H25NO. The van der Waals surface area contributed by atoms with Gasteiger partial charge in [-0.1, -0.05) is 98.8 Å². The quantitative estimate of drug-likeness (QED) is 0.290. The number of nitrogens with one attached hydrogen (secondary N) is 1. The van der Waals surface area contributed by atoms with Gasteiger partial charge in [-0.2, -0.15) is 0 Å². The van der Waals surface area contributed by atoms with Crippen LogP contribution in [0.5, 0.6) is 0 Å². The van der Waals surface area contributed by atoms with Crippen molar-refractivity contribution in [2.45, 2.75) is 19.3 Å². The first-order valence-electron chi connectivity index (χ1n) is 12.1. The molecule has 0 amide bonds. The maximum atomic E-state index is 6.33. The zero-order valence-electron chi connectivity index (χ0n) is 19.8. The summed E-state index contributed by atoms with van der Waals surface area (Å²) in [5.74, 6) is 0. The summed E-state index contributed by atoms with van der Waals surface area (Å²) in [7, 11) is 0. The number of fused-ring (bicyclic) bond motifs is 6. The molecular weight excluding hydrogens is 426 g/mol. The lowest BCUT2D eigenvalue weighted by Crippen LogP contribution is -2.14. The number of benzene rings is 5. The molecule has 1 N–H and O–H groups in total. The minimum atomic E-state index is -0.0263. The van der Waals surface area contributed by atoms with E-state index in [2.05, 4.69) is 116 Å². The summed E-state index contributed by atoms with van der Waals surface area (Å²) in [6, 6.07) is 38.6. The number of hydrogen-bond donors (Lipinski definition) is 1. The van der Waals surface area contributed by atoms with Gasteiger partial charge < -0.3 is 9.73 Å². The molecule has 0 fully saturated rings. The fourth-order valence-electron chi connectivity index (χ4n) is 5.79. The van der Waals surface area contributed by atoms with Crippen LogP contribution in [0.2, 0.25) is 0 Å². The van der Waals surface area contributed by atoms with Crippen LogP contribution in [0.25, 0.3) is 44.2 Å². The molecule has 0 radical (unpaired) electrons. The minimum absolute atomic E-state index is 0.0263. The summed E-state index contributed by atoms with van der Waals surface area (Å²) in [6.45, 7) is 4.63. The highest BCUT2D eigenvalue weighted by atomic mass is 16.3. The number of para-hydroxylation sites is 1. The van der Waals surface area contributed by atoms with Gasteiger partial charge in [-0.25, -0.2) is 0 Å². The molecule has 1 heterocycles. The molecule has 0 unspecified atom stereocenters. The topological polar surface area (TPSA) is 25.2 Å². The van der Waals surface area contributed by atoms with Crippen LogP contribution in [0.4, 0.5) is 11.4 Å². The Morgan fingerprint density at radius 2 is 1.37 bits per heavy atom. The van der Waals surface area contributed by atoms with Gasteiger partial charge in [0, 0.05) is 39.2 Å². The van der Waals surface area contributed by atoms with Gasteiger partial charge in [0.1, 0.15) is 11.2 Å². The van der Waals surface area contributed by atoms with Gasteiger partial charge in [0.05, 0.1) is 0 Å². The average Bonchev–Trinajstić information content (AvgIpc) is 3.37. The first-order valence-corrected chi connectivity index (χ1v) is 12.1. The summed E-state index contributed by atoms with van der Waals surface area (Å²) in [4.78, 5) is 0. The van der Waals surface area contributed by atoms with E-state index in [0.717, 1.165) is 33.3 Å². The van der Waals surface area contributed by atoms with Gasteiger partial charge in [-0.3, -0.25) is 0 Å². The molecule has 7 rings (SSSR count). The van der Waals surface area contributed by atoms with Crippen LogP contribution in [-0.4, -0.2) is 0 Å². The van der Waals surface area contributed by atoms with Crippen LogP contribution in [0.3, 0.4) is 0 Å². The van der Waals surface area contributed by atoms with Crippen molar-refractivity contribution >= 4 is 33.3 Å². The highest BCUT2D eigenvalue weighted by Crippen LogP contribution is 2.52. The molecule has 1 aliphatic rings. The van der Waals surface area contributed by atoms with Crippen LogP contribution in [-0.2, 0) is 5.41 Å². The molecule has 2 heteroatoms. The van der Waals surface area contributed by atoms with E-state index in [-0.39, 0.29) is 5.41 Å². The monoisotopic (exact) mass is 451 g/mol. The van der Waals surface area contributed by atoms with Crippen molar-refractivity contribution < 1.29 is 4.42 Å². The largest absolute Gasteiger partial charge is 0.456 e. The molecule has 0 spiro atoms. The summed E-state index contributed by atoms with van der Waals surface area (Å²) < 4.78 is 6.33. The lowest BCUT2D eigenvalue weighted by Gasteiger charge is -2.21. The van der Waals surface area contributed by atoms with Crippen LogP contribution >= 0.6 is 0 Å². The maximum Gasteiger partial charge on any atom is 0.138 e. The second-order valence-electron chi connectivity index (χ2n) is 9.88. The molecule has 6 aromatic rings. The zero-order valence-corrected chi connectivity index (χ0v) is 19.8. The van der Waals surface area contributed by atoms with E-state index in [1.807, 2.05) is 12.1 Å². The van der Waals surface area contributed by atoms with Gasteiger partial charge in [0.15, 0.2) is 0 Å². The average molecular weight is 452 g/mol. The summed E-state index contributed by atoms with van der Waals surface area (Å²) in [5, 5.41) is 6.07. The number of anilines is 2. The second-order valence-corrected chi connectivity index (χ2v) is 9.88. The first kappa shape index (κ1) is 20.1. The van der Waals surface area contributed by atoms with E-state index in [1.165, 1.54) is 33.4 Å². The Hall–Kier alpha value is -4.30. The Labute approximate surface area is 204 Å². The molecule has 1 aliphatic carbocycles. The Kier molecular flexibility index (Phi) is 4.22. The normalized spacial score (nSPS) is 13.7. The van der Waals surface area contributed by atoms with Crippen molar-refractivity contribution in [1.82, 2.24) is 0 Å². The molecule has 5 aromatic carbocycles. The van der Waals surface area contributed by atoms with Crippen LogP contribution in [0, 0.1) is 0 Å². The summed E-state index contributed by atoms with van der Waals surface area (Å²) in [6.07, 6.45) is 0. The number of furan rings is 1. The van der Waals surface area contributed by atoms with Crippen molar-refractivity contribution in [2.75, 3.05) is 5.32 Å². The van der Waals surface area contributed by atoms with E-state index >= 15 is 0 Å². The van der Waals surface area contributed by atoms with E-state index in [0.29, 0.717) is 0 Å². The van der Waals surface area contributed by atoms with Crippen molar-refractivity contribution in [3.8, 4) is 22.3 Å². The number of rotatable bonds is 3. The fourth-order valence-corrected chi connectivity index (χ4v) is 5.79. The smallest absolute Gasteiger partial charge is 0.138 e. The fraction of sp³-hybridized carbons (Fsp3) is 0.0909. The number of hydrogen-bond acceptors (Lipinski definition) is 2. The Balaban J connectivity index is 1.44. The molecule has 168 valence electrons. The maximum absolute atomic E-state index is 6.33. The molecule has 0 saturated heterocycles. The zero-order chi connectivity index (χ0) is 23.6. The third-order valence-corrected chi connectivity index (χ3v) is 7.45. The third-order valence-electron chi connectivity index (χ3n) is 7.45. The molecule has 0 atom stereocenters. The van der Waals surface area contributed by atoms with Crippen molar-refractivity contribution in [1.29, 1.82) is 0 Å². The van der Waals surface area contributed by atoms with Crippen molar-refractivity contribution in [2.24, 2.45) is 0 Å². The Morgan fingerprint density at radius 1 is 0.629 bits per heavy atom. The summed E-state index contributed by atoms with van der Waals surface area (Å²) in [5.41, 5.74) is 11.6. The van der Waals surface area contributed by atoms with Gasteiger partial charge in [0.2, 0.25) is 0 Å². The highest BCUT2D eigenvalue weighted by molar-refractivity contribution is 6.13. The molecule has 35 heavy (non-hydrogen) atoms. The van der Waals surface area contributed by atoms with Gasteiger partial charge in [-0.05, 0) is 46.0 Å². The SMILES string of the molecule is CC1(C)c2ccccc2-c2c(Nc3cc(-c4ccccc4)c4c(c3)oc3ccccc34)cccc21. The summed E-state index contributed by atoms with van der Waals surface area (Å²) >= 11 is 0. The van der Waals surface area contributed by atoms with Crippen molar-refractivity contribution in [3.05, 3.63) is 120 Å². The van der Waals surface area contributed by atoms with E-state index in [9.17, 15) is 0 Å². The lowest BCUT2D eigenvalue weighted by atomic mass is 9.82. The Bertz CT molecular complexity index is 1740. The molecule has 1 aromatic heterocycles. The van der Waals surface area contributed by atoms with Gasteiger partial charge in [-0.15, -0.1) is 0 Å². The molecule has 0 bridgehead atoms. The minimum Gasteiger partial charge on any atom is -0.456 e. The predicted octanol–water partition coefficient (Wildman–Crippen LogP) is 9.30. The van der Waals surface area contributed by atoms with E-state index in [1.54, 1.807) is 0 Å². The lowest BCUT2D eigenvalue weighted by molar-refractivity contribution is 0.660. The molecule has 0 saturated carbocycles. The second kappa shape index (κ2) is 7.35. The third kappa shape index (κ3) is 2.96. The first-order chi connectivity index (χ1) is 17.1. The van der Waals surface area contributed by atoms with Crippen molar-refractivity contribution in [3.63, 3.8) is 0 Å². The van der Waals surface area contributed by atoms with Crippen LogP contribution in [0.1, 0.15) is 25.0 Å². The standard InChI is InChI=1S/C33H25NO/c1-33(2)26-15-8-6-13-23(26)32-27(33)16-10-17-28(32)34-22-19-25(21-11-4-3-5-12-21)31-24-14-7-9-18-29(24)35-30(31)20-22/h3-20,34H,1-2H3. The van der Waals surface area contributed by atoms with Crippen LogP contribution < -0.4 is 5.32 Å². The van der Waals surface area contributed by atoms with E-state index < -0.39 is 0 Å². The van der Waals surface area contributed by atoms with Gasteiger partial charge >= 0.3 is 0 Å². The Morgan fingerprint density at radius 3 is 2.26 bits per heavy atom. The molecule has 0 aliphatic heterocycles. The highest BCUT2D eigenvalue weighted by Gasteiger charge is 2.36. The van der Waals surface area contributed by atoms with E-state index in [4.69, 9.17) is 4.42 Å².